The Bertz CT molecular complexity index is 616. The molecule has 0 aliphatic carbocycles. The van der Waals surface area contributed by atoms with Crippen LogP contribution in [-0.2, 0) is 23.6 Å². The summed E-state index contributed by atoms with van der Waals surface area (Å²) in [6.07, 6.45) is 2.46. The number of sulfonamides is 1. The number of guanidine groups is 1. The number of rotatable bonds is 6. The van der Waals surface area contributed by atoms with Crippen LogP contribution in [0.15, 0.2) is 17.3 Å². The number of aryl methyl sites for hydroxylation is 1. The van der Waals surface area contributed by atoms with Crippen molar-refractivity contribution >= 4 is 40.0 Å². The summed E-state index contributed by atoms with van der Waals surface area (Å²) in [4.78, 5) is 4.48. The van der Waals surface area contributed by atoms with Gasteiger partial charge in [0, 0.05) is 39.4 Å². The van der Waals surface area contributed by atoms with Gasteiger partial charge in [-0.2, -0.15) is 5.10 Å². The van der Waals surface area contributed by atoms with Gasteiger partial charge in [-0.1, -0.05) is 0 Å². The lowest BCUT2D eigenvalue weighted by Crippen LogP contribution is -2.42. The highest BCUT2D eigenvalue weighted by Gasteiger charge is 2.27. The smallest absolute Gasteiger partial charge is 0.214 e. The van der Waals surface area contributed by atoms with Crippen LogP contribution >= 0.6 is 24.0 Å². The van der Waals surface area contributed by atoms with E-state index >= 15 is 0 Å². The van der Waals surface area contributed by atoms with Gasteiger partial charge in [0.2, 0.25) is 10.0 Å². The maximum Gasteiger partial charge on any atom is 0.214 e. The molecule has 10 heteroatoms. The van der Waals surface area contributed by atoms with E-state index in [0.717, 1.165) is 18.7 Å². The molecule has 0 atom stereocenters. The molecule has 0 unspecified atom stereocenters. The number of aromatic nitrogens is 2. The summed E-state index contributed by atoms with van der Waals surface area (Å²) in [7, 11) is -1.15. The van der Waals surface area contributed by atoms with E-state index in [1.807, 2.05) is 20.0 Å². The van der Waals surface area contributed by atoms with Gasteiger partial charge >= 0.3 is 0 Å². The topological polar surface area (TPSA) is 91.6 Å². The minimum absolute atomic E-state index is 0. The summed E-state index contributed by atoms with van der Waals surface area (Å²) in [5.41, 5.74) is 1.01. The fourth-order valence-electron chi connectivity index (χ4n) is 2.30. The molecular formula is C13H25IN6O2S. The van der Waals surface area contributed by atoms with Crippen LogP contribution in [0.3, 0.4) is 0 Å². The van der Waals surface area contributed by atoms with Crippen LogP contribution in [0.25, 0.3) is 0 Å². The van der Waals surface area contributed by atoms with Crippen molar-refractivity contribution in [3.8, 4) is 0 Å². The first kappa shape index (κ1) is 20.2. The van der Waals surface area contributed by atoms with Gasteiger partial charge in [-0.3, -0.25) is 4.68 Å². The number of halogens is 1. The van der Waals surface area contributed by atoms with Crippen molar-refractivity contribution in [2.45, 2.75) is 19.9 Å². The van der Waals surface area contributed by atoms with Gasteiger partial charge in [0.05, 0.1) is 18.0 Å². The molecule has 132 valence electrons. The fourth-order valence-corrected chi connectivity index (χ4v) is 3.83. The molecule has 1 aromatic rings. The summed E-state index contributed by atoms with van der Waals surface area (Å²) in [5.74, 6) is 0.946. The molecule has 2 rings (SSSR count). The van der Waals surface area contributed by atoms with E-state index in [0.29, 0.717) is 32.1 Å². The Morgan fingerprint density at radius 1 is 1.43 bits per heavy atom. The Hall–Kier alpha value is -0.880. The predicted molar refractivity (Wildman–Crippen MR) is 101 cm³/mol. The van der Waals surface area contributed by atoms with E-state index in [9.17, 15) is 8.42 Å². The number of hydrogen-bond acceptors (Lipinski definition) is 4. The first-order chi connectivity index (χ1) is 10.5. The van der Waals surface area contributed by atoms with Crippen LogP contribution in [0.4, 0.5) is 0 Å². The molecule has 2 heterocycles. The van der Waals surface area contributed by atoms with Crippen LogP contribution < -0.4 is 10.6 Å². The molecule has 8 nitrogen and oxygen atoms in total. The van der Waals surface area contributed by atoms with Crippen molar-refractivity contribution in [1.82, 2.24) is 24.7 Å². The van der Waals surface area contributed by atoms with E-state index in [4.69, 9.17) is 0 Å². The zero-order valence-corrected chi connectivity index (χ0v) is 16.7. The third-order valence-corrected chi connectivity index (χ3v) is 5.48. The van der Waals surface area contributed by atoms with Gasteiger partial charge in [0.1, 0.15) is 0 Å². The van der Waals surface area contributed by atoms with Crippen molar-refractivity contribution in [3.63, 3.8) is 0 Å². The lowest BCUT2D eigenvalue weighted by Gasteiger charge is -2.16. The van der Waals surface area contributed by atoms with Crippen LogP contribution in [0, 0.1) is 0 Å². The summed E-state index contributed by atoms with van der Waals surface area (Å²) in [6, 6.07) is 1.92. The van der Waals surface area contributed by atoms with Gasteiger partial charge < -0.3 is 10.6 Å². The van der Waals surface area contributed by atoms with Crippen molar-refractivity contribution in [2.75, 3.05) is 31.9 Å². The Morgan fingerprint density at radius 3 is 2.78 bits per heavy atom. The zero-order chi connectivity index (χ0) is 16.0. The molecule has 2 N–H and O–H groups in total. The lowest BCUT2D eigenvalue weighted by molar-refractivity contribution is 0.445. The third-order valence-electron chi connectivity index (χ3n) is 3.52. The van der Waals surface area contributed by atoms with Crippen molar-refractivity contribution in [2.24, 2.45) is 12.0 Å². The highest BCUT2D eigenvalue weighted by atomic mass is 127. The van der Waals surface area contributed by atoms with Crippen molar-refractivity contribution < 1.29 is 8.42 Å². The van der Waals surface area contributed by atoms with Crippen LogP contribution in [0.1, 0.15) is 19.0 Å². The molecule has 0 spiro atoms. The Kier molecular flexibility index (Phi) is 8.26. The second-order valence-corrected chi connectivity index (χ2v) is 7.23. The molecule has 0 amide bonds. The van der Waals surface area contributed by atoms with Crippen LogP contribution in [0.5, 0.6) is 0 Å². The molecule has 0 radical (unpaired) electrons. The van der Waals surface area contributed by atoms with E-state index in [2.05, 4.69) is 20.7 Å². The highest BCUT2D eigenvalue weighted by Crippen LogP contribution is 2.11. The van der Waals surface area contributed by atoms with Crippen LogP contribution in [-0.4, -0.2) is 60.4 Å². The van der Waals surface area contributed by atoms with Crippen molar-refractivity contribution in [3.05, 3.63) is 18.0 Å². The molecule has 0 aromatic carbocycles. The van der Waals surface area contributed by atoms with E-state index < -0.39 is 10.0 Å². The van der Waals surface area contributed by atoms with Gasteiger partial charge in [0.15, 0.2) is 5.96 Å². The summed E-state index contributed by atoms with van der Waals surface area (Å²) >= 11 is 0. The van der Waals surface area contributed by atoms with Crippen LogP contribution in [0.2, 0.25) is 0 Å². The van der Waals surface area contributed by atoms with Gasteiger partial charge in [-0.15, -0.1) is 24.0 Å². The lowest BCUT2D eigenvalue weighted by atomic mass is 10.4. The molecule has 1 aliphatic rings. The second-order valence-electron chi connectivity index (χ2n) is 5.14. The number of nitrogens with zero attached hydrogens (tertiary/aromatic N) is 4. The Labute approximate surface area is 154 Å². The highest BCUT2D eigenvalue weighted by molar-refractivity contribution is 14.0. The largest absolute Gasteiger partial charge is 0.357 e. The molecule has 0 bridgehead atoms. The van der Waals surface area contributed by atoms with Gasteiger partial charge in [-0.25, -0.2) is 17.7 Å². The number of nitrogens with one attached hydrogen (secondary N) is 2. The molecule has 1 aliphatic heterocycles. The quantitative estimate of drug-likeness (QED) is 0.361. The Morgan fingerprint density at radius 2 is 2.22 bits per heavy atom. The Balaban J connectivity index is 0.00000264. The summed E-state index contributed by atoms with van der Waals surface area (Å²) in [5, 5.41) is 10.4. The molecule has 1 aromatic heterocycles. The van der Waals surface area contributed by atoms with E-state index in [-0.39, 0.29) is 29.7 Å². The molecule has 1 fully saturated rings. The molecule has 0 saturated carbocycles. The molecule has 1 saturated heterocycles. The number of aliphatic imine (C=N–C) groups is 1. The first-order valence-electron chi connectivity index (χ1n) is 7.50. The number of hydrogen-bond donors (Lipinski definition) is 2. The fraction of sp³-hybridized carbons (Fsp3) is 0.692. The average molecular weight is 456 g/mol. The summed E-state index contributed by atoms with van der Waals surface area (Å²) in [6.45, 7) is 4.89. The maximum atomic E-state index is 11.7. The van der Waals surface area contributed by atoms with Gasteiger partial charge in [-0.05, 0) is 19.4 Å². The maximum absolute atomic E-state index is 11.7. The normalized spacial score (nSPS) is 17.7. The zero-order valence-electron chi connectivity index (χ0n) is 13.5. The molecule has 23 heavy (non-hydrogen) atoms. The summed E-state index contributed by atoms with van der Waals surface area (Å²) < 4.78 is 26.8. The SMILES string of the molecule is CCNC(=NCc1ccnn1C)NCCN1CCCS1(=O)=O.I. The minimum Gasteiger partial charge on any atom is -0.357 e. The monoisotopic (exact) mass is 456 g/mol. The van der Waals surface area contributed by atoms with Gasteiger partial charge in [0.25, 0.3) is 0 Å². The molecular weight excluding hydrogens is 431 g/mol. The second kappa shape index (κ2) is 9.42. The first-order valence-corrected chi connectivity index (χ1v) is 9.10. The van der Waals surface area contributed by atoms with E-state index in [1.54, 1.807) is 10.9 Å². The third kappa shape index (κ3) is 5.92. The average Bonchev–Trinajstić information content (AvgIpc) is 3.02. The standard InChI is InChI=1S/C13H24N6O2S.HI/c1-3-14-13(16-11-12-5-6-17-18(12)2)15-7-9-19-8-4-10-22(19,20)21;/h5-6H,3-4,7-11H2,1-2H3,(H2,14,15,16);1H. The van der Waals surface area contributed by atoms with Crippen molar-refractivity contribution in [1.29, 1.82) is 0 Å². The minimum atomic E-state index is -3.03. The van der Waals surface area contributed by atoms with E-state index in [1.165, 1.54) is 4.31 Å². The predicted octanol–water partition coefficient (Wildman–Crippen LogP) is 0.129.